The fraction of sp³-hybridized carbons (Fsp3) is 0.625. The highest BCUT2D eigenvalue weighted by atomic mass is 16.5. The van der Waals surface area contributed by atoms with Gasteiger partial charge in [0, 0.05) is 31.7 Å². The lowest BCUT2D eigenvalue weighted by Crippen LogP contribution is -2.33. The number of aromatic nitrogens is 3. The molecule has 0 saturated carbocycles. The molecule has 0 radical (unpaired) electrons. The number of furan rings is 1. The third-order valence-electron chi connectivity index (χ3n) is 4.65. The first-order valence-corrected chi connectivity index (χ1v) is 8.10. The van der Waals surface area contributed by atoms with E-state index in [4.69, 9.17) is 9.15 Å². The lowest BCUT2D eigenvalue weighted by molar-refractivity contribution is 0.177. The minimum absolute atomic E-state index is 0.262. The van der Waals surface area contributed by atoms with Gasteiger partial charge in [-0.2, -0.15) is 5.10 Å². The molecule has 118 valence electrons. The summed E-state index contributed by atoms with van der Waals surface area (Å²) in [7, 11) is 1.68. The number of aryl methyl sites for hydroxylation is 2. The number of nitrogens with one attached hydrogen (secondary N) is 1. The van der Waals surface area contributed by atoms with Gasteiger partial charge in [-0.3, -0.25) is 0 Å². The van der Waals surface area contributed by atoms with Gasteiger partial charge in [0.25, 0.3) is 0 Å². The highest BCUT2D eigenvalue weighted by Crippen LogP contribution is 2.34. The van der Waals surface area contributed by atoms with Gasteiger partial charge in [-0.15, -0.1) is 0 Å². The number of fused-ring (bicyclic) bond motifs is 2. The van der Waals surface area contributed by atoms with Crippen LogP contribution in [0, 0.1) is 0 Å². The lowest BCUT2D eigenvalue weighted by atomic mass is 9.92. The van der Waals surface area contributed by atoms with E-state index in [0.29, 0.717) is 12.6 Å². The molecule has 1 aliphatic carbocycles. The first-order valence-electron chi connectivity index (χ1n) is 8.10. The predicted octanol–water partition coefficient (Wildman–Crippen LogP) is 2.52. The molecule has 0 bridgehead atoms. The van der Waals surface area contributed by atoms with Crippen molar-refractivity contribution in [2.75, 3.05) is 7.11 Å². The Hall–Kier alpha value is -1.66. The summed E-state index contributed by atoms with van der Waals surface area (Å²) in [5, 5.41) is 8.33. The van der Waals surface area contributed by atoms with Gasteiger partial charge in [0.1, 0.15) is 18.2 Å². The molecular weight excluding hydrogens is 280 g/mol. The van der Waals surface area contributed by atoms with Crippen molar-refractivity contribution in [2.45, 2.75) is 57.3 Å². The molecule has 0 amide bonds. The second-order valence-electron chi connectivity index (χ2n) is 6.15. The quantitative estimate of drug-likeness (QED) is 0.940. The van der Waals surface area contributed by atoms with Crippen LogP contribution in [0.1, 0.15) is 60.7 Å². The van der Waals surface area contributed by atoms with Crippen LogP contribution in [0.15, 0.2) is 16.7 Å². The zero-order valence-electron chi connectivity index (χ0n) is 12.9. The summed E-state index contributed by atoms with van der Waals surface area (Å²) in [6.07, 6.45) is 7.43. The topological polar surface area (TPSA) is 65.1 Å². The Morgan fingerprint density at radius 2 is 2.27 bits per heavy atom. The maximum absolute atomic E-state index is 5.59. The molecule has 2 atom stereocenters. The Balaban J connectivity index is 1.56. The number of rotatable bonds is 4. The van der Waals surface area contributed by atoms with Gasteiger partial charge in [-0.25, -0.2) is 9.67 Å². The van der Waals surface area contributed by atoms with Crippen LogP contribution in [0.5, 0.6) is 0 Å². The normalized spacial score (nSPS) is 24.0. The molecular formula is C16H22N4O2. The fourth-order valence-corrected chi connectivity index (χ4v) is 3.65. The molecule has 6 heteroatoms. The number of hydrogen-bond acceptors (Lipinski definition) is 5. The first kappa shape index (κ1) is 14.0. The molecule has 1 N–H and O–H groups in total. The van der Waals surface area contributed by atoms with E-state index >= 15 is 0 Å². The molecule has 2 aliphatic rings. The van der Waals surface area contributed by atoms with Crippen LogP contribution in [0.25, 0.3) is 0 Å². The van der Waals surface area contributed by atoms with E-state index < -0.39 is 0 Å². The smallest absolute Gasteiger partial charge is 0.176 e. The monoisotopic (exact) mass is 302 g/mol. The van der Waals surface area contributed by atoms with Crippen molar-refractivity contribution in [3.8, 4) is 0 Å². The fourth-order valence-electron chi connectivity index (χ4n) is 3.65. The van der Waals surface area contributed by atoms with Gasteiger partial charge >= 0.3 is 0 Å². The van der Waals surface area contributed by atoms with Gasteiger partial charge in [0.05, 0.1) is 12.3 Å². The molecule has 4 rings (SSSR count). The summed E-state index contributed by atoms with van der Waals surface area (Å²) in [5.74, 6) is 2.97. The highest BCUT2D eigenvalue weighted by molar-refractivity contribution is 5.24. The van der Waals surface area contributed by atoms with Crippen molar-refractivity contribution >= 4 is 0 Å². The van der Waals surface area contributed by atoms with Gasteiger partial charge in [-0.05, 0) is 31.7 Å². The van der Waals surface area contributed by atoms with Crippen molar-refractivity contribution in [1.29, 1.82) is 0 Å². The van der Waals surface area contributed by atoms with Crippen LogP contribution in [0.4, 0.5) is 0 Å². The van der Waals surface area contributed by atoms with Crippen LogP contribution >= 0.6 is 0 Å². The summed E-state index contributed by atoms with van der Waals surface area (Å²) in [4.78, 5) is 4.67. The first-order chi connectivity index (χ1) is 10.8. The summed E-state index contributed by atoms with van der Waals surface area (Å²) < 4.78 is 12.8. The van der Waals surface area contributed by atoms with Gasteiger partial charge in [0.15, 0.2) is 5.82 Å². The zero-order chi connectivity index (χ0) is 14.9. The van der Waals surface area contributed by atoms with Gasteiger partial charge < -0.3 is 14.5 Å². The molecule has 22 heavy (non-hydrogen) atoms. The summed E-state index contributed by atoms with van der Waals surface area (Å²) >= 11 is 0. The van der Waals surface area contributed by atoms with Crippen LogP contribution in [-0.2, 0) is 24.3 Å². The van der Waals surface area contributed by atoms with Gasteiger partial charge in [-0.1, -0.05) is 0 Å². The van der Waals surface area contributed by atoms with Crippen LogP contribution in [-0.4, -0.2) is 21.9 Å². The molecule has 1 aliphatic heterocycles. The van der Waals surface area contributed by atoms with Crippen LogP contribution in [0.2, 0.25) is 0 Å². The second kappa shape index (κ2) is 5.85. The minimum atomic E-state index is 0.262. The van der Waals surface area contributed by atoms with E-state index in [2.05, 4.69) is 21.5 Å². The lowest BCUT2D eigenvalue weighted by Gasteiger charge is -2.30. The van der Waals surface area contributed by atoms with E-state index in [1.807, 2.05) is 10.9 Å². The van der Waals surface area contributed by atoms with Crippen molar-refractivity contribution in [2.24, 2.45) is 0 Å². The Morgan fingerprint density at radius 1 is 1.36 bits per heavy atom. The molecule has 2 aromatic rings. The molecule has 0 fully saturated rings. The molecule has 0 aromatic carbocycles. The molecule has 6 nitrogen and oxygen atoms in total. The maximum atomic E-state index is 5.59. The summed E-state index contributed by atoms with van der Waals surface area (Å²) in [5.41, 5.74) is 1.32. The van der Waals surface area contributed by atoms with Crippen molar-refractivity contribution in [1.82, 2.24) is 20.1 Å². The average molecular weight is 302 g/mol. The highest BCUT2D eigenvalue weighted by Gasteiger charge is 2.29. The Kier molecular flexibility index (Phi) is 3.72. The molecule has 2 aromatic heterocycles. The van der Waals surface area contributed by atoms with E-state index in [0.717, 1.165) is 49.6 Å². The Labute approximate surface area is 129 Å². The Morgan fingerprint density at radius 3 is 3.18 bits per heavy atom. The number of nitrogens with zero attached hydrogens (tertiary/aromatic N) is 3. The average Bonchev–Trinajstić information content (AvgIpc) is 3.14. The van der Waals surface area contributed by atoms with Gasteiger partial charge in [0.2, 0.25) is 0 Å². The summed E-state index contributed by atoms with van der Waals surface area (Å²) in [6.45, 7) is 1.42. The van der Waals surface area contributed by atoms with E-state index in [9.17, 15) is 0 Å². The van der Waals surface area contributed by atoms with E-state index in [1.54, 1.807) is 7.11 Å². The predicted molar refractivity (Wildman–Crippen MR) is 80.2 cm³/mol. The van der Waals surface area contributed by atoms with Crippen molar-refractivity contribution in [3.63, 3.8) is 0 Å². The molecule has 0 spiro atoms. The third kappa shape index (κ3) is 2.46. The zero-order valence-corrected chi connectivity index (χ0v) is 12.9. The Bertz CT molecular complexity index is 648. The maximum Gasteiger partial charge on any atom is 0.176 e. The molecule has 2 unspecified atom stereocenters. The largest absolute Gasteiger partial charge is 0.469 e. The second-order valence-corrected chi connectivity index (χ2v) is 6.15. The standard InChI is InChI=1S/C16H22N4O2/c1-21-10-15-18-16-13(5-3-8-20(16)19-15)17-12-4-2-6-14-11(12)7-9-22-14/h7,9,12-13,17H,2-6,8,10H2,1H3. The summed E-state index contributed by atoms with van der Waals surface area (Å²) in [6, 6.07) is 2.73. The van der Waals surface area contributed by atoms with E-state index in [-0.39, 0.29) is 6.04 Å². The SMILES string of the molecule is COCc1nc2n(n1)CCCC2NC1CCCc2occc21. The number of hydrogen-bond donors (Lipinski definition) is 1. The number of ether oxygens (including phenoxy) is 1. The molecule has 0 saturated heterocycles. The van der Waals surface area contributed by atoms with E-state index in [1.165, 1.54) is 12.0 Å². The van der Waals surface area contributed by atoms with Crippen molar-refractivity contribution < 1.29 is 9.15 Å². The molecule has 3 heterocycles. The number of methoxy groups -OCH3 is 1. The third-order valence-corrected chi connectivity index (χ3v) is 4.65. The van der Waals surface area contributed by atoms with Crippen LogP contribution < -0.4 is 5.32 Å². The van der Waals surface area contributed by atoms with Crippen LogP contribution in [0.3, 0.4) is 0 Å². The minimum Gasteiger partial charge on any atom is -0.469 e. The van der Waals surface area contributed by atoms with Crippen molar-refractivity contribution in [3.05, 3.63) is 35.3 Å².